The van der Waals surface area contributed by atoms with E-state index in [0.717, 1.165) is 25.1 Å². The maximum atomic E-state index is 14.1. The molecule has 0 radical (unpaired) electrons. The number of aliphatic hydroxyl groups excluding tert-OH is 5. The van der Waals surface area contributed by atoms with Gasteiger partial charge in [-0.1, -0.05) is 6.07 Å². The number of carboxylic acids is 1. The van der Waals surface area contributed by atoms with E-state index in [1.807, 2.05) is 0 Å². The van der Waals surface area contributed by atoms with E-state index in [-0.39, 0.29) is 28.0 Å². The lowest BCUT2D eigenvalue weighted by molar-refractivity contribution is -0.349. The molecule has 2 aliphatic carbocycles. The Balaban J connectivity index is 1.34. The summed E-state index contributed by atoms with van der Waals surface area (Å²) < 4.78 is 66.0. The number of benzene rings is 3. The van der Waals surface area contributed by atoms with Crippen LogP contribution in [0.15, 0.2) is 24.3 Å². The number of carbonyl (C=O) groups excluding carboxylic acids is 3. The van der Waals surface area contributed by atoms with Gasteiger partial charge in [-0.3, -0.25) is 23.7 Å². The number of nitrogens with one attached hydrogen (secondary N) is 2. The molecule has 12 N–H and O–H groups in total. The number of hydrogen-bond acceptors (Lipinski definition) is 21. The molecule has 2 heterocycles. The first kappa shape index (κ1) is 48.5. The van der Waals surface area contributed by atoms with E-state index in [4.69, 9.17) is 23.7 Å². The van der Waals surface area contributed by atoms with Crippen LogP contribution in [0.2, 0.25) is 0 Å². The van der Waals surface area contributed by atoms with Crippen LogP contribution in [0, 0.1) is 6.92 Å². The molecule has 4 aliphatic rings. The molecular weight excluding hydrogens is 905 g/mol. The van der Waals surface area contributed by atoms with E-state index in [1.54, 1.807) is 0 Å². The number of likely N-dealkylation sites (N-methyl/N-ethyl adjacent to an activating group) is 1. The van der Waals surface area contributed by atoms with Gasteiger partial charge in [0.25, 0.3) is 5.91 Å². The predicted octanol–water partition coefficient (Wildman–Crippen LogP) is -1.42. The highest BCUT2D eigenvalue weighted by molar-refractivity contribution is 7.80. The molecule has 0 unspecified atom stereocenters. The van der Waals surface area contributed by atoms with E-state index in [0.29, 0.717) is 0 Å². The van der Waals surface area contributed by atoms with E-state index >= 15 is 0 Å². The van der Waals surface area contributed by atoms with E-state index in [1.165, 1.54) is 34.1 Å². The van der Waals surface area contributed by atoms with Crippen molar-refractivity contribution in [3.8, 4) is 34.1 Å². The molecular formula is C41H46N2O22S. The molecule has 7 rings (SSSR count). The topological polar surface area (TPSA) is 384 Å². The Morgan fingerprint density at radius 3 is 2.05 bits per heavy atom. The number of rotatable bonds is 12. The standard InChI is InChI=1S/C41H46N2O22S/c1-11-6-18-24(31(50)21(11)38(54)43-12(2)39(55)56)23-16(9-17-25(32(23)51)28(47)15-7-14(60-5)8-19(45)22(15)27(17)46)29(48)35(18)63-40-33(52)36(26(42-4)13(3)61-40)64-41-34(53)37(65-66(57,58)59)30(49)20(10-44)62-41/h6-9,12-13,20,26,29-30,33-37,40-42,44-45,48-53H,10H2,1-5H3,(H,43,54)(H,55,56)(H,57,58,59)/t12-,13-,20+,26-,29-,30+,33+,34-,35+,36-,37-,40-,41-/m0/s1. The fourth-order valence-corrected chi connectivity index (χ4v) is 9.33. The maximum absolute atomic E-state index is 14.1. The molecule has 1 amide bonds. The lowest BCUT2D eigenvalue weighted by Gasteiger charge is -2.48. The quantitative estimate of drug-likeness (QED) is 0.0725. The molecule has 0 aromatic heterocycles. The van der Waals surface area contributed by atoms with Gasteiger partial charge in [-0.05, 0) is 56.6 Å². The number of fused-ring (bicyclic) bond motifs is 5. The summed E-state index contributed by atoms with van der Waals surface area (Å²) in [5.41, 5.74) is -4.00. The zero-order valence-corrected chi connectivity index (χ0v) is 36.1. The summed E-state index contributed by atoms with van der Waals surface area (Å²) in [4.78, 5) is 53.5. The van der Waals surface area contributed by atoms with Crippen LogP contribution >= 0.6 is 0 Å². The number of ether oxygens (including phenoxy) is 5. The lowest BCUT2D eigenvalue weighted by Crippen LogP contribution is -2.66. The summed E-state index contributed by atoms with van der Waals surface area (Å²) >= 11 is 0. The van der Waals surface area contributed by atoms with Gasteiger partial charge in [0.1, 0.15) is 77.9 Å². The second-order valence-electron chi connectivity index (χ2n) is 16.1. The van der Waals surface area contributed by atoms with Crippen molar-refractivity contribution in [1.82, 2.24) is 10.6 Å². The van der Waals surface area contributed by atoms with Crippen LogP contribution in [-0.4, -0.2) is 171 Å². The molecule has 24 nitrogen and oxygen atoms in total. The van der Waals surface area contributed by atoms with Crippen molar-refractivity contribution >= 4 is 33.8 Å². The molecule has 25 heteroatoms. The Bertz CT molecular complexity index is 2600. The van der Waals surface area contributed by atoms with Crippen molar-refractivity contribution in [2.45, 2.75) is 100 Å². The molecule has 2 fully saturated rings. The van der Waals surface area contributed by atoms with Gasteiger partial charge in [-0.15, -0.1) is 0 Å². The molecule has 3 aromatic carbocycles. The first-order valence-electron chi connectivity index (χ1n) is 20.0. The molecule has 13 atom stereocenters. The second kappa shape index (κ2) is 18.0. The van der Waals surface area contributed by atoms with Crippen LogP contribution in [0.3, 0.4) is 0 Å². The smallest absolute Gasteiger partial charge is 0.397 e. The van der Waals surface area contributed by atoms with Gasteiger partial charge in [-0.2, -0.15) is 8.42 Å². The summed E-state index contributed by atoms with van der Waals surface area (Å²) in [6.45, 7) is 3.00. The highest BCUT2D eigenvalue weighted by Crippen LogP contribution is 2.57. The van der Waals surface area contributed by atoms with Crippen LogP contribution < -0.4 is 15.4 Å². The fraction of sp³-hybridized carbons (Fsp3) is 0.463. The zero-order chi connectivity index (χ0) is 48.6. The Labute approximate surface area is 373 Å². The van der Waals surface area contributed by atoms with E-state index in [9.17, 15) is 78.1 Å². The van der Waals surface area contributed by atoms with E-state index < -0.39 is 171 Å². The Hall–Kier alpha value is -5.39. The van der Waals surface area contributed by atoms with Crippen LogP contribution in [-0.2, 0) is 38.3 Å². The first-order valence-corrected chi connectivity index (χ1v) is 21.4. The largest absolute Gasteiger partial charge is 0.507 e. The molecule has 66 heavy (non-hydrogen) atoms. The molecule has 2 saturated heterocycles. The second-order valence-corrected chi connectivity index (χ2v) is 17.1. The molecule has 0 bridgehead atoms. The lowest BCUT2D eigenvalue weighted by atomic mass is 9.74. The van der Waals surface area contributed by atoms with Gasteiger partial charge in [0.05, 0.1) is 42.6 Å². The van der Waals surface area contributed by atoms with Gasteiger partial charge in [0.15, 0.2) is 24.1 Å². The Kier molecular flexibility index (Phi) is 13.3. The summed E-state index contributed by atoms with van der Waals surface area (Å²) in [6, 6.07) is 1.99. The summed E-state index contributed by atoms with van der Waals surface area (Å²) in [5, 5.41) is 105. The number of phenols is 3. The normalized spacial score (nSPS) is 29.8. The first-order chi connectivity index (χ1) is 30.9. The summed E-state index contributed by atoms with van der Waals surface area (Å²) in [7, 11) is -2.64. The minimum atomic E-state index is -5.31. The van der Waals surface area contributed by atoms with Gasteiger partial charge >= 0.3 is 16.4 Å². The molecule has 0 spiro atoms. The van der Waals surface area contributed by atoms with Gasteiger partial charge in [0.2, 0.25) is 0 Å². The molecule has 0 saturated carbocycles. The number of aryl methyl sites for hydroxylation is 1. The van der Waals surface area contributed by atoms with Crippen LogP contribution in [0.4, 0.5) is 0 Å². The number of ketones is 2. The van der Waals surface area contributed by atoms with E-state index in [2.05, 4.69) is 14.8 Å². The number of aliphatic hydroxyl groups is 5. The van der Waals surface area contributed by atoms with Crippen molar-refractivity contribution in [1.29, 1.82) is 0 Å². The third kappa shape index (κ3) is 8.24. The monoisotopic (exact) mass is 950 g/mol. The van der Waals surface area contributed by atoms with Crippen molar-refractivity contribution in [2.24, 2.45) is 0 Å². The van der Waals surface area contributed by atoms with Gasteiger partial charge in [0, 0.05) is 28.3 Å². The summed E-state index contributed by atoms with van der Waals surface area (Å²) in [6.07, 6.45) is -20.3. The Morgan fingerprint density at radius 2 is 1.44 bits per heavy atom. The number of carbonyl (C=O) groups is 4. The van der Waals surface area contributed by atoms with Crippen LogP contribution in [0.25, 0.3) is 11.1 Å². The van der Waals surface area contributed by atoms with Crippen molar-refractivity contribution < 1.29 is 106 Å². The molecule has 3 aromatic rings. The van der Waals surface area contributed by atoms with Crippen molar-refractivity contribution in [2.75, 3.05) is 20.8 Å². The average molecular weight is 951 g/mol. The highest BCUT2D eigenvalue weighted by atomic mass is 32.3. The number of methoxy groups -OCH3 is 1. The number of hydrogen-bond donors (Lipinski definition) is 12. The number of amides is 1. The third-order valence-corrected chi connectivity index (χ3v) is 12.5. The molecule has 2 aliphatic heterocycles. The van der Waals surface area contributed by atoms with Crippen molar-refractivity contribution in [3.63, 3.8) is 0 Å². The number of aromatic hydroxyl groups is 3. The number of carboxylic acid groups (broad SMARTS) is 1. The van der Waals surface area contributed by atoms with Gasteiger partial charge in [-0.25, -0.2) is 4.18 Å². The fourth-order valence-electron chi connectivity index (χ4n) is 8.82. The SMILES string of the molecule is CN[C@@H]1[C@H](O[C@@H]2O[C@H](CO)[C@@H](O)[C@H](OS(=O)(=O)O)[C@@H]2O)[C@@H](O)[C@H](O[C@@H]2c3cc(C)c(C(=O)N[C@@H](C)C(=O)O)c(O)c3-c3c(cc4c(c3O)C(=O)c3cc(OC)cc(O)c3C4=O)[C@@H]2O)O[C@H]1C. The average Bonchev–Trinajstić information content (AvgIpc) is 3.24. The van der Waals surface area contributed by atoms with Crippen LogP contribution in [0.1, 0.15) is 84.9 Å². The minimum Gasteiger partial charge on any atom is -0.507 e. The summed E-state index contributed by atoms with van der Waals surface area (Å²) in [5.74, 6) is -7.03. The predicted molar refractivity (Wildman–Crippen MR) is 217 cm³/mol. The van der Waals surface area contributed by atoms with Gasteiger partial charge < -0.3 is 80.3 Å². The van der Waals surface area contributed by atoms with Crippen LogP contribution in [0.5, 0.6) is 23.0 Å². The third-order valence-electron chi connectivity index (χ3n) is 12.0. The zero-order valence-electron chi connectivity index (χ0n) is 35.3. The maximum Gasteiger partial charge on any atom is 0.397 e. The number of aliphatic carboxylic acids is 1. The van der Waals surface area contributed by atoms with Crippen molar-refractivity contribution in [3.05, 3.63) is 68.8 Å². The molecule has 358 valence electrons. The highest BCUT2D eigenvalue weighted by Gasteiger charge is 2.53. The number of phenolic OH excluding ortho intramolecular Hbond substituents is 3. The Morgan fingerprint density at radius 1 is 0.833 bits per heavy atom. The minimum absolute atomic E-state index is 0.0190.